The normalized spacial score (nSPS) is 13.6. The van der Waals surface area contributed by atoms with E-state index in [0.717, 1.165) is 5.56 Å². The molecule has 1 aromatic carbocycles. The van der Waals surface area contributed by atoms with Crippen LogP contribution in [0.4, 0.5) is 0 Å². The Morgan fingerprint density at radius 1 is 1.42 bits per heavy atom. The number of nitrogens with two attached hydrogens (primary N) is 1. The van der Waals surface area contributed by atoms with Crippen molar-refractivity contribution in [1.82, 2.24) is 5.32 Å². The molecule has 0 heterocycles. The third kappa shape index (κ3) is 4.96. The summed E-state index contributed by atoms with van der Waals surface area (Å²) in [5, 5.41) is 2.86. The summed E-state index contributed by atoms with van der Waals surface area (Å²) >= 11 is 5.00. The molecule has 19 heavy (non-hydrogen) atoms. The maximum absolute atomic E-state index is 12.2. The maximum Gasteiger partial charge on any atom is 0.234 e. The molecule has 0 fully saturated rings. The van der Waals surface area contributed by atoms with E-state index in [9.17, 15) is 4.79 Å². The highest BCUT2D eigenvalue weighted by atomic mass is 32.1. The minimum absolute atomic E-state index is 0.0759. The molecular formula is C14H20N2O2S. The average Bonchev–Trinajstić information content (AvgIpc) is 2.37. The molecule has 0 saturated carbocycles. The van der Waals surface area contributed by atoms with Crippen LogP contribution in [-0.4, -0.2) is 30.2 Å². The molecule has 5 heteroatoms. The lowest BCUT2D eigenvalue weighted by Gasteiger charge is -2.19. The zero-order chi connectivity index (χ0) is 14.3. The van der Waals surface area contributed by atoms with Gasteiger partial charge in [0.15, 0.2) is 0 Å². The number of benzene rings is 1. The molecule has 0 aliphatic heterocycles. The molecule has 0 aliphatic carbocycles. The lowest BCUT2D eigenvalue weighted by molar-refractivity contribution is -0.122. The predicted octanol–water partition coefficient (Wildman–Crippen LogP) is 1.60. The molecule has 2 atom stereocenters. The van der Waals surface area contributed by atoms with Crippen molar-refractivity contribution >= 4 is 23.1 Å². The topological polar surface area (TPSA) is 64.3 Å². The summed E-state index contributed by atoms with van der Waals surface area (Å²) < 4.78 is 5.26. The van der Waals surface area contributed by atoms with Crippen molar-refractivity contribution in [2.24, 2.45) is 5.73 Å². The Hall–Kier alpha value is -1.46. The van der Waals surface area contributed by atoms with E-state index >= 15 is 0 Å². The van der Waals surface area contributed by atoms with Crippen LogP contribution in [-0.2, 0) is 9.53 Å². The van der Waals surface area contributed by atoms with E-state index in [-0.39, 0.29) is 16.9 Å². The van der Waals surface area contributed by atoms with E-state index < -0.39 is 5.92 Å². The summed E-state index contributed by atoms with van der Waals surface area (Å²) in [7, 11) is 0. The number of carbonyl (C=O) groups is 1. The molecular weight excluding hydrogens is 260 g/mol. The van der Waals surface area contributed by atoms with Crippen LogP contribution < -0.4 is 11.1 Å². The molecule has 0 aromatic heterocycles. The second kappa shape index (κ2) is 7.86. The maximum atomic E-state index is 12.2. The molecule has 2 unspecified atom stereocenters. The molecule has 1 amide bonds. The number of amides is 1. The SMILES string of the molecule is CCOCC(C)NC(=O)C(C(N)=S)c1ccccc1. The Morgan fingerprint density at radius 3 is 2.58 bits per heavy atom. The van der Waals surface area contributed by atoms with Gasteiger partial charge >= 0.3 is 0 Å². The number of hydrogen-bond acceptors (Lipinski definition) is 3. The first-order valence-corrected chi connectivity index (χ1v) is 6.69. The highest BCUT2D eigenvalue weighted by Crippen LogP contribution is 2.16. The van der Waals surface area contributed by atoms with E-state index in [2.05, 4.69) is 5.32 Å². The van der Waals surface area contributed by atoms with Gasteiger partial charge in [0.05, 0.1) is 11.6 Å². The summed E-state index contributed by atoms with van der Waals surface area (Å²) in [6.45, 7) is 4.89. The number of carbonyl (C=O) groups excluding carboxylic acids is 1. The molecule has 104 valence electrons. The first-order valence-electron chi connectivity index (χ1n) is 6.28. The number of nitrogens with one attached hydrogen (secondary N) is 1. The van der Waals surface area contributed by atoms with Gasteiger partial charge in [0, 0.05) is 12.6 Å². The second-order valence-corrected chi connectivity index (χ2v) is 4.79. The van der Waals surface area contributed by atoms with Gasteiger partial charge in [-0.05, 0) is 19.4 Å². The lowest BCUT2D eigenvalue weighted by atomic mass is 9.98. The minimum Gasteiger partial charge on any atom is -0.392 e. The Kier molecular flexibility index (Phi) is 6.45. The summed E-state index contributed by atoms with van der Waals surface area (Å²) in [5.74, 6) is -0.786. The van der Waals surface area contributed by atoms with E-state index in [0.29, 0.717) is 13.2 Å². The third-order valence-corrected chi connectivity index (χ3v) is 2.88. The fraction of sp³-hybridized carbons (Fsp3) is 0.429. The average molecular weight is 280 g/mol. The first kappa shape index (κ1) is 15.6. The van der Waals surface area contributed by atoms with E-state index in [1.165, 1.54) is 0 Å². The largest absolute Gasteiger partial charge is 0.392 e. The molecule has 0 aliphatic rings. The van der Waals surface area contributed by atoms with Crippen LogP contribution in [0, 0.1) is 0 Å². The quantitative estimate of drug-likeness (QED) is 0.745. The summed E-state index contributed by atoms with van der Waals surface area (Å²) in [5.41, 5.74) is 6.49. The van der Waals surface area contributed by atoms with Gasteiger partial charge in [-0.15, -0.1) is 0 Å². The van der Waals surface area contributed by atoms with Crippen molar-refractivity contribution in [3.05, 3.63) is 35.9 Å². The van der Waals surface area contributed by atoms with Gasteiger partial charge in [0.2, 0.25) is 5.91 Å². The molecule has 0 saturated heterocycles. The van der Waals surface area contributed by atoms with Crippen molar-refractivity contribution in [2.45, 2.75) is 25.8 Å². The first-order chi connectivity index (χ1) is 9.06. The Balaban J connectivity index is 2.72. The zero-order valence-corrected chi connectivity index (χ0v) is 12.1. The fourth-order valence-electron chi connectivity index (χ4n) is 1.75. The van der Waals surface area contributed by atoms with Crippen molar-refractivity contribution in [1.29, 1.82) is 0 Å². The number of thiocarbonyl (C=S) groups is 1. The molecule has 0 radical (unpaired) electrons. The molecule has 4 nitrogen and oxygen atoms in total. The van der Waals surface area contributed by atoms with Crippen LogP contribution in [0.15, 0.2) is 30.3 Å². The molecule has 1 rings (SSSR count). The summed E-state index contributed by atoms with van der Waals surface area (Å²) in [6, 6.07) is 9.21. The van der Waals surface area contributed by atoms with Crippen molar-refractivity contribution < 1.29 is 9.53 Å². The smallest absolute Gasteiger partial charge is 0.234 e. The summed E-state index contributed by atoms with van der Waals surface area (Å²) in [6.07, 6.45) is 0. The van der Waals surface area contributed by atoms with Crippen molar-refractivity contribution in [3.8, 4) is 0 Å². The highest BCUT2D eigenvalue weighted by molar-refractivity contribution is 7.80. The van der Waals surface area contributed by atoms with Crippen LogP contribution in [0.3, 0.4) is 0 Å². The summed E-state index contributed by atoms with van der Waals surface area (Å²) in [4.78, 5) is 12.4. The number of ether oxygens (including phenoxy) is 1. The number of hydrogen-bond donors (Lipinski definition) is 2. The van der Waals surface area contributed by atoms with Gasteiger partial charge in [-0.25, -0.2) is 0 Å². The monoisotopic (exact) mass is 280 g/mol. The van der Waals surface area contributed by atoms with Crippen molar-refractivity contribution in [3.63, 3.8) is 0 Å². The van der Waals surface area contributed by atoms with Crippen LogP contribution in [0.25, 0.3) is 0 Å². The minimum atomic E-state index is -0.597. The Bertz CT molecular complexity index is 423. The second-order valence-electron chi connectivity index (χ2n) is 4.32. The van der Waals surface area contributed by atoms with Gasteiger partial charge in [-0.2, -0.15) is 0 Å². The van der Waals surface area contributed by atoms with Gasteiger partial charge in [-0.3, -0.25) is 4.79 Å². The fourth-order valence-corrected chi connectivity index (χ4v) is 2.00. The van der Waals surface area contributed by atoms with E-state index in [4.69, 9.17) is 22.7 Å². The van der Waals surface area contributed by atoms with E-state index in [1.807, 2.05) is 44.2 Å². The third-order valence-electron chi connectivity index (χ3n) is 2.64. The van der Waals surface area contributed by atoms with Gasteiger partial charge < -0.3 is 15.8 Å². The van der Waals surface area contributed by atoms with E-state index in [1.54, 1.807) is 0 Å². The van der Waals surface area contributed by atoms with Crippen LogP contribution in [0.1, 0.15) is 25.3 Å². The predicted molar refractivity (Wildman–Crippen MR) is 80.1 cm³/mol. The van der Waals surface area contributed by atoms with Crippen molar-refractivity contribution in [2.75, 3.05) is 13.2 Å². The lowest BCUT2D eigenvalue weighted by Crippen LogP contribution is -2.42. The molecule has 1 aromatic rings. The zero-order valence-electron chi connectivity index (χ0n) is 11.3. The van der Waals surface area contributed by atoms with Gasteiger partial charge in [0.1, 0.15) is 5.92 Å². The van der Waals surface area contributed by atoms with Gasteiger partial charge in [-0.1, -0.05) is 42.5 Å². The molecule has 0 spiro atoms. The van der Waals surface area contributed by atoms with Gasteiger partial charge in [0.25, 0.3) is 0 Å². The Morgan fingerprint density at radius 2 is 2.05 bits per heavy atom. The van der Waals surface area contributed by atoms with Crippen LogP contribution in [0.5, 0.6) is 0 Å². The van der Waals surface area contributed by atoms with Crippen LogP contribution in [0.2, 0.25) is 0 Å². The number of rotatable bonds is 7. The standard InChI is InChI=1S/C14H20N2O2S/c1-3-18-9-10(2)16-14(17)12(13(15)19)11-7-5-4-6-8-11/h4-8,10,12H,3,9H2,1-2H3,(H2,15,19)(H,16,17). The Labute approximate surface area is 119 Å². The molecule has 0 bridgehead atoms. The molecule has 3 N–H and O–H groups in total. The highest BCUT2D eigenvalue weighted by Gasteiger charge is 2.24. The van der Waals surface area contributed by atoms with Crippen LogP contribution >= 0.6 is 12.2 Å².